The lowest BCUT2D eigenvalue weighted by molar-refractivity contribution is -0.154. The van der Waals surface area contributed by atoms with Gasteiger partial charge in [-0.15, -0.1) is 0 Å². The van der Waals surface area contributed by atoms with Gasteiger partial charge in [0.2, 0.25) is 0 Å². The number of ether oxygens (including phenoxy) is 1. The summed E-state index contributed by atoms with van der Waals surface area (Å²) in [5.41, 5.74) is -0.959. The van der Waals surface area contributed by atoms with E-state index in [1.165, 1.54) is 12.1 Å². The van der Waals surface area contributed by atoms with Crippen molar-refractivity contribution in [1.82, 2.24) is 14.7 Å². The van der Waals surface area contributed by atoms with E-state index in [2.05, 4.69) is 5.10 Å². The van der Waals surface area contributed by atoms with Crippen LogP contribution in [0.5, 0.6) is 0 Å². The van der Waals surface area contributed by atoms with Crippen LogP contribution < -0.4 is 11.1 Å². The van der Waals surface area contributed by atoms with Crippen LogP contribution in [0, 0.1) is 0 Å². The van der Waals surface area contributed by atoms with Crippen LogP contribution in [0.2, 0.25) is 0 Å². The first-order valence-electron chi connectivity index (χ1n) is 8.64. The summed E-state index contributed by atoms with van der Waals surface area (Å²) in [5, 5.41) is 2.84. The maximum absolute atomic E-state index is 12.4. The molecule has 1 aromatic heterocycles. The van der Waals surface area contributed by atoms with Crippen molar-refractivity contribution in [2.24, 2.45) is 0 Å². The lowest BCUT2D eigenvalue weighted by Gasteiger charge is -2.33. The Morgan fingerprint density at radius 1 is 1.19 bits per heavy atom. The van der Waals surface area contributed by atoms with Crippen molar-refractivity contribution < 1.29 is 14.3 Å². The van der Waals surface area contributed by atoms with Gasteiger partial charge in [0.05, 0.1) is 10.8 Å². The number of aromatic nitrogens is 2. The highest BCUT2D eigenvalue weighted by molar-refractivity contribution is 5.82. The fourth-order valence-corrected chi connectivity index (χ4v) is 3.23. The Morgan fingerprint density at radius 3 is 2.65 bits per heavy atom. The van der Waals surface area contributed by atoms with Crippen LogP contribution in [0.3, 0.4) is 0 Å². The maximum atomic E-state index is 12.4. The Balaban J connectivity index is 1.66. The van der Waals surface area contributed by atoms with Gasteiger partial charge in [0.15, 0.2) is 6.61 Å². The monoisotopic (exact) mass is 359 g/mol. The fourth-order valence-electron chi connectivity index (χ4n) is 3.23. The van der Waals surface area contributed by atoms with E-state index in [-0.39, 0.29) is 29.3 Å². The van der Waals surface area contributed by atoms with Crippen molar-refractivity contribution in [1.29, 1.82) is 0 Å². The summed E-state index contributed by atoms with van der Waals surface area (Å²) in [6.45, 7) is 1.81. The lowest BCUT2D eigenvalue weighted by atomic mass is 10.0. The molecule has 2 aromatic rings. The van der Waals surface area contributed by atoms with Crippen LogP contribution in [0.15, 0.2) is 33.9 Å². The van der Waals surface area contributed by atoms with Gasteiger partial charge < -0.3 is 9.64 Å². The van der Waals surface area contributed by atoms with Gasteiger partial charge in [0.25, 0.3) is 17.0 Å². The SMILES string of the molecule is C[C@@H]1CCCCN1C(=O)COC(=O)Cn1[nH]c(=O)c2ccccc2c1=O. The van der Waals surface area contributed by atoms with E-state index in [1.54, 1.807) is 17.0 Å². The average Bonchev–Trinajstić information content (AvgIpc) is 2.64. The highest BCUT2D eigenvalue weighted by Gasteiger charge is 2.24. The third-order valence-electron chi connectivity index (χ3n) is 4.65. The summed E-state index contributed by atoms with van der Waals surface area (Å²) in [6, 6.07) is 6.49. The minimum absolute atomic E-state index is 0.134. The molecule has 0 radical (unpaired) electrons. The van der Waals surface area contributed by atoms with E-state index in [4.69, 9.17) is 4.74 Å². The van der Waals surface area contributed by atoms with Crippen LogP contribution in [-0.4, -0.2) is 45.8 Å². The Hall–Kier alpha value is -2.90. The Kier molecular flexibility index (Phi) is 5.20. The molecule has 1 aromatic carbocycles. The third kappa shape index (κ3) is 3.68. The molecule has 1 aliphatic rings. The molecule has 1 saturated heterocycles. The van der Waals surface area contributed by atoms with Gasteiger partial charge in [-0.25, -0.2) is 4.68 Å². The summed E-state index contributed by atoms with van der Waals surface area (Å²) in [5.74, 6) is -0.999. The standard InChI is InChI=1S/C18H21N3O5/c1-12-6-4-5-9-20(12)15(22)11-26-16(23)10-21-18(25)14-8-3-2-7-13(14)17(24)19-21/h2-3,7-8,12H,4-6,9-11H2,1H3,(H,19,24)/t12-/m1/s1. The summed E-state index contributed by atoms with van der Waals surface area (Å²) < 4.78 is 5.91. The number of H-pyrrole nitrogens is 1. The number of aromatic amines is 1. The molecule has 0 unspecified atom stereocenters. The summed E-state index contributed by atoms with van der Waals surface area (Å²) in [4.78, 5) is 50.3. The molecule has 1 atom stereocenters. The number of nitrogens with one attached hydrogen (secondary N) is 1. The van der Waals surface area contributed by atoms with E-state index >= 15 is 0 Å². The van der Waals surface area contributed by atoms with Gasteiger partial charge in [-0.2, -0.15) is 0 Å². The summed E-state index contributed by atoms with van der Waals surface area (Å²) in [7, 11) is 0. The van der Waals surface area contributed by atoms with Crippen molar-refractivity contribution in [2.45, 2.75) is 38.8 Å². The molecule has 1 amide bonds. The molecular weight excluding hydrogens is 338 g/mol. The highest BCUT2D eigenvalue weighted by atomic mass is 16.5. The number of hydrogen-bond donors (Lipinski definition) is 1. The third-order valence-corrected chi connectivity index (χ3v) is 4.65. The molecule has 8 heteroatoms. The van der Waals surface area contributed by atoms with Gasteiger partial charge in [0, 0.05) is 12.6 Å². The minimum Gasteiger partial charge on any atom is -0.454 e. The van der Waals surface area contributed by atoms with Gasteiger partial charge in [0.1, 0.15) is 6.54 Å². The number of esters is 1. The second-order valence-electron chi connectivity index (χ2n) is 6.47. The van der Waals surface area contributed by atoms with Crippen molar-refractivity contribution in [3.63, 3.8) is 0 Å². The molecule has 2 heterocycles. The van der Waals surface area contributed by atoms with Crippen molar-refractivity contribution in [3.8, 4) is 0 Å². The first-order valence-corrected chi connectivity index (χ1v) is 8.64. The van der Waals surface area contributed by atoms with Crippen LogP contribution in [0.1, 0.15) is 26.2 Å². The van der Waals surface area contributed by atoms with Crippen LogP contribution >= 0.6 is 0 Å². The summed E-state index contributed by atoms with van der Waals surface area (Å²) in [6.07, 6.45) is 2.97. The van der Waals surface area contributed by atoms with E-state index < -0.39 is 23.6 Å². The first kappa shape index (κ1) is 17.9. The predicted octanol–water partition coefficient (Wildman–Crippen LogP) is 0.634. The molecule has 1 aliphatic heterocycles. The number of nitrogens with zero attached hydrogens (tertiary/aromatic N) is 2. The molecule has 26 heavy (non-hydrogen) atoms. The topological polar surface area (TPSA) is 101 Å². The second-order valence-corrected chi connectivity index (χ2v) is 6.47. The van der Waals surface area contributed by atoms with Gasteiger partial charge in [-0.05, 0) is 38.3 Å². The minimum atomic E-state index is -0.754. The Morgan fingerprint density at radius 2 is 1.92 bits per heavy atom. The zero-order chi connectivity index (χ0) is 18.7. The highest BCUT2D eigenvalue weighted by Crippen LogP contribution is 2.16. The molecule has 0 bridgehead atoms. The molecule has 0 saturated carbocycles. The van der Waals surface area contributed by atoms with Crippen molar-refractivity contribution in [2.75, 3.05) is 13.2 Å². The number of rotatable bonds is 4. The molecule has 3 rings (SSSR count). The normalized spacial score (nSPS) is 17.3. The number of piperidine rings is 1. The number of carbonyl (C=O) groups is 2. The number of amides is 1. The first-order chi connectivity index (χ1) is 12.5. The number of carbonyl (C=O) groups excluding carboxylic acids is 2. The van der Waals surface area contributed by atoms with Crippen LogP contribution in [-0.2, 0) is 20.9 Å². The molecule has 1 N–H and O–H groups in total. The Labute approximate surface area is 149 Å². The van der Waals surface area contributed by atoms with E-state index in [1.807, 2.05) is 6.92 Å². The zero-order valence-electron chi connectivity index (χ0n) is 14.6. The Bertz CT molecular complexity index is 946. The van der Waals surface area contributed by atoms with E-state index in [0.717, 1.165) is 23.9 Å². The quantitative estimate of drug-likeness (QED) is 0.807. The van der Waals surface area contributed by atoms with E-state index in [0.29, 0.717) is 6.54 Å². The number of fused-ring (bicyclic) bond motifs is 1. The second kappa shape index (κ2) is 7.55. The number of likely N-dealkylation sites (tertiary alicyclic amines) is 1. The van der Waals surface area contributed by atoms with Crippen LogP contribution in [0.25, 0.3) is 10.8 Å². The molecule has 0 aliphatic carbocycles. The van der Waals surface area contributed by atoms with Gasteiger partial charge in [-0.3, -0.25) is 24.3 Å². The van der Waals surface area contributed by atoms with Gasteiger partial charge >= 0.3 is 5.97 Å². The van der Waals surface area contributed by atoms with Crippen molar-refractivity contribution >= 4 is 22.6 Å². The molecule has 0 spiro atoms. The zero-order valence-corrected chi connectivity index (χ0v) is 14.6. The lowest BCUT2D eigenvalue weighted by Crippen LogP contribution is -2.44. The fraction of sp³-hybridized carbons (Fsp3) is 0.444. The predicted molar refractivity (Wildman–Crippen MR) is 94.8 cm³/mol. The molecular formula is C18H21N3O5. The van der Waals surface area contributed by atoms with E-state index in [9.17, 15) is 19.2 Å². The number of benzene rings is 1. The molecule has 8 nitrogen and oxygen atoms in total. The van der Waals surface area contributed by atoms with Gasteiger partial charge in [-0.1, -0.05) is 12.1 Å². The largest absolute Gasteiger partial charge is 0.454 e. The summed E-state index contributed by atoms with van der Waals surface area (Å²) >= 11 is 0. The maximum Gasteiger partial charge on any atom is 0.328 e. The smallest absolute Gasteiger partial charge is 0.328 e. The molecule has 1 fully saturated rings. The number of hydrogen-bond acceptors (Lipinski definition) is 5. The average molecular weight is 359 g/mol. The molecule has 138 valence electrons. The van der Waals surface area contributed by atoms with Crippen molar-refractivity contribution in [3.05, 3.63) is 45.0 Å². The van der Waals surface area contributed by atoms with Crippen LogP contribution in [0.4, 0.5) is 0 Å².